The van der Waals surface area contributed by atoms with Crippen molar-refractivity contribution < 1.29 is 14.4 Å². The van der Waals surface area contributed by atoms with Crippen molar-refractivity contribution in [2.75, 3.05) is 14.1 Å². The maximum Gasteiger partial charge on any atom is 0.271 e. The van der Waals surface area contributed by atoms with Crippen molar-refractivity contribution in [1.82, 2.24) is 20.1 Å². The average molecular weight is 362 g/mol. The summed E-state index contributed by atoms with van der Waals surface area (Å²) in [6.07, 6.45) is 3.86. The molecule has 1 saturated carbocycles. The van der Waals surface area contributed by atoms with Crippen LogP contribution in [0.2, 0.25) is 0 Å². The number of nitrogens with zero attached hydrogens (tertiary/aromatic N) is 3. The molecule has 3 heterocycles. The van der Waals surface area contributed by atoms with Crippen molar-refractivity contribution in [3.8, 4) is 0 Å². The van der Waals surface area contributed by atoms with Crippen molar-refractivity contribution in [2.45, 2.75) is 50.2 Å². The first-order valence-electron chi connectivity index (χ1n) is 8.67. The van der Waals surface area contributed by atoms with E-state index in [0.29, 0.717) is 18.5 Å². The highest BCUT2D eigenvalue weighted by molar-refractivity contribution is 7.07. The molecule has 0 spiro atoms. The third kappa shape index (κ3) is 2.54. The topological polar surface area (TPSA) is 82.6 Å². The first-order valence-corrected chi connectivity index (χ1v) is 9.62. The number of thiazole rings is 1. The second-order valence-corrected chi connectivity index (χ2v) is 8.20. The molecule has 3 amide bonds. The van der Waals surface area contributed by atoms with Gasteiger partial charge in [0.1, 0.15) is 11.1 Å². The lowest BCUT2D eigenvalue weighted by Crippen LogP contribution is -2.49. The van der Waals surface area contributed by atoms with Crippen LogP contribution in [-0.2, 0) is 9.59 Å². The molecule has 0 aromatic carbocycles. The van der Waals surface area contributed by atoms with E-state index in [0.717, 1.165) is 19.3 Å². The van der Waals surface area contributed by atoms with Crippen LogP contribution in [-0.4, -0.2) is 64.7 Å². The normalized spacial score (nSPS) is 28.7. The van der Waals surface area contributed by atoms with Crippen LogP contribution in [0.5, 0.6) is 0 Å². The van der Waals surface area contributed by atoms with Crippen LogP contribution < -0.4 is 5.32 Å². The van der Waals surface area contributed by atoms with Gasteiger partial charge in [-0.05, 0) is 32.1 Å². The monoisotopic (exact) mass is 362 g/mol. The smallest absolute Gasteiger partial charge is 0.271 e. The molecule has 7 nitrogen and oxygen atoms in total. The van der Waals surface area contributed by atoms with Crippen molar-refractivity contribution in [1.29, 1.82) is 0 Å². The Hall–Kier alpha value is -1.96. The Morgan fingerprint density at radius 1 is 1.32 bits per heavy atom. The molecule has 0 radical (unpaired) electrons. The van der Waals surface area contributed by atoms with Crippen molar-refractivity contribution in [2.24, 2.45) is 5.41 Å². The Balaban J connectivity index is 1.48. The van der Waals surface area contributed by atoms with E-state index in [1.807, 2.05) is 4.90 Å². The van der Waals surface area contributed by atoms with Gasteiger partial charge in [-0.2, -0.15) is 0 Å². The fraction of sp³-hybridized carbons (Fsp3) is 0.647. The quantitative estimate of drug-likeness (QED) is 0.806. The predicted molar refractivity (Wildman–Crippen MR) is 92.0 cm³/mol. The Bertz CT molecular complexity index is 713. The van der Waals surface area contributed by atoms with E-state index in [-0.39, 0.29) is 35.8 Å². The molecule has 134 valence electrons. The SMILES string of the molecule is CN(C)C(=O)C1(C(=O)N2[C@@H]3CC[C@H]2[C@@H](NC(=O)c2cscn2)C3)CC1. The molecule has 2 saturated heterocycles. The van der Waals surface area contributed by atoms with Gasteiger partial charge in [0.05, 0.1) is 17.6 Å². The Labute approximate surface area is 150 Å². The van der Waals surface area contributed by atoms with Crippen LogP contribution in [0.1, 0.15) is 42.6 Å². The van der Waals surface area contributed by atoms with Gasteiger partial charge in [-0.1, -0.05) is 0 Å². The van der Waals surface area contributed by atoms with Gasteiger partial charge >= 0.3 is 0 Å². The Morgan fingerprint density at radius 2 is 2.08 bits per heavy atom. The fourth-order valence-electron chi connectivity index (χ4n) is 4.35. The average Bonchev–Trinajstić information content (AvgIpc) is 2.96. The number of aromatic nitrogens is 1. The van der Waals surface area contributed by atoms with Crippen molar-refractivity contribution in [3.05, 3.63) is 16.6 Å². The zero-order chi connectivity index (χ0) is 17.8. The molecular weight excluding hydrogens is 340 g/mol. The summed E-state index contributed by atoms with van der Waals surface area (Å²) >= 11 is 1.39. The second-order valence-electron chi connectivity index (χ2n) is 7.48. The molecule has 2 bridgehead atoms. The van der Waals surface area contributed by atoms with Crippen LogP contribution in [0.3, 0.4) is 0 Å². The molecule has 3 aliphatic rings. The van der Waals surface area contributed by atoms with Gasteiger partial charge in [-0.25, -0.2) is 4.98 Å². The maximum absolute atomic E-state index is 13.2. The number of nitrogens with one attached hydrogen (secondary N) is 1. The summed E-state index contributed by atoms with van der Waals surface area (Å²) in [5, 5.41) is 4.76. The van der Waals surface area contributed by atoms with E-state index >= 15 is 0 Å². The molecule has 4 rings (SSSR count). The standard InChI is InChI=1S/C17H22N4O3S/c1-20(2)15(23)17(5-6-17)16(24)21-10-3-4-13(21)11(7-10)19-14(22)12-8-25-9-18-12/h8-11,13H,3-7H2,1-2H3,(H,19,22)/t10-,11+,13+/m1/s1. The molecule has 1 N–H and O–H groups in total. The van der Waals surface area contributed by atoms with Crippen LogP contribution in [0.25, 0.3) is 0 Å². The summed E-state index contributed by atoms with van der Waals surface area (Å²) in [6.45, 7) is 0. The van der Waals surface area contributed by atoms with Crippen LogP contribution >= 0.6 is 11.3 Å². The number of fused-ring (bicyclic) bond motifs is 2. The molecule has 8 heteroatoms. The zero-order valence-electron chi connectivity index (χ0n) is 14.4. The number of carbonyl (C=O) groups is 3. The summed E-state index contributed by atoms with van der Waals surface area (Å²) in [4.78, 5) is 45.4. The summed E-state index contributed by atoms with van der Waals surface area (Å²) < 4.78 is 0. The molecule has 1 aromatic rings. The maximum atomic E-state index is 13.2. The summed E-state index contributed by atoms with van der Waals surface area (Å²) in [5.74, 6) is -0.312. The minimum absolute atomic E-state index is 0.00692. The van der Waals surface area contributed by atoms with Crippen molar-refractivity contribution >= 4 is 29.1 Å². The molecule has 1 aromatic heterocycles. The lowest BCUT2D eigenvalue weighted by Gasteiger charge is -2.29. The highest BCUT2D eigenvalue weighted by Crippen LogP contribution is 2.52. The third-order valence-corrected chi connectivity index (χ3v) is 6.31. The van der Waals surface area contributed by atoms with E-state index in [1.54, 1.807) is 25.0 Å². The van der Waals surface area contributed by atoms with E-state index < -0.39 is 5.41 Å². The highest BCUT2D eigenvalue weighted by atomic mass is 32.1. The number of rotatable bonds is 4. The van der Waals surface area contributed by atoms with E-state index in [1.165, 1.54) is 16.2 Å². The van der Waals surface area contributed by atoms with E-state index in [4.69, 9.17) is 0 Å². The van der Waals surface area contributed by atoms with E-state index in [2.05, 4.69) is 10.3 Å². The van der Waals surface area contributed by atoms with Gasteiger partial charge in [-0.3, -0.25) is 14.4 Å². The molecular formula is C17H22N4O3S. The van der Waals surface area contributed by atoms with Gasteiger partial charge in [0.25, 0.3) is 5.91 Å². The van der Waals surface area contributed by atoms with Gasteiger partial charge in [0.15, 0.2) is 0 Å². The molecule has 2 aliphatic heterocycles. The van der Waals surface area contributed by atoms with Crippen LogP contribution in [0.15, 0.2) is 10.9 Å². The third-order valence-electron chi connectivity index (χ3n) is 5.73. The first kappa shape index (κ1) is 16.5. The summed E-state index contributed by atoms with van der Waals surface area (Å²) in [5.41, 5.74) is 1.21. The van der Waals surface area contributed by atoms with Gasteiger partial charge in [0, 0.05) is 25.5 Å². The van der Waals surface area contributed by atoms with Gasteiger partial charge in [0.2, 0.25) is 11.8 Å². The minimum Gasteiger partial charge on any atom is -0.348 e. The Morgan fingerprint density at radius 3 is 2.68 bits per heavy atom. The van der Waals surface area contributed by atoms with Gasteiger partial charge in [-0.15, -0.1) is 11.3 Å². The first-order chi connectivity index (χ1) is 11.9. The minimum atomic E-state index is -0.849. The highest BCUT2D eigenvalue weighted by Gasteiger charge is 2.62. The van der Waals surface area contributed by atoms with Crippen molar-refractivity contribution in [3.63, 3.8) is 0 Å². The molecule has 3 fully saturated rings. The lowest BCUT2D eigenvalue weighted by atomic mass is 9.95. The number of hydrogen-bond acceptors (Lipinski definition) is 5. The molecule has 25 heavy (non-hydrogen) atoms. The molecule has 0 unspecified atom stereocenters. The molecule has 1 aliphatic carbocycles. The largest absolute Gasteiger partial charge is 0.348 e. The zero-order valence-corrected chi connectivity index (χ0v) is 15.2. The number of hydrogen-bond donors (Lipinski definition) is 1. The second kappa shape index (κ2) is 5.79. The number of amides is 3. The lowest BCUT2D eigenvalue weighted by molar-refractivity contribution is -0.149. The Kier molecular flexibility index (Phi) is 3.82. The van der Waals surface area contributed by atoms with E-state index in [9.17, 15) is 14.4 Å². The van der Waals surface area contributed by atoms with Crippen LogP contribution in [0.4, 0.5) is 0 Å². The molecule has 3 atom stereocenters. The number of carbonyl (C=O) groups excluding carboxylic acids is 3. The van der Waals surface area contributed by atoms with Crippen LogP contribution in [0, 0.1) is 5.41 Å². The van der Waals surface area contributed by atoms with Gasteiger partial charge < -0.3 is 15.1 Å². The predicted octanol–water partition coefficient (Wildman–Crippen LogP) is 0.873. The summed E-state index contributed by atoms with van der Waals surface area (Å²) in [6, 6.07) is 0.0698. The fourth-order valence-corrected chi connectivity index (χ4v) is 4.88. The summed E-state index contributed by atoms with van der Waals surface area (Å²) in [7, 11) is 3.40.